The molecule has 0 saturated carbocycles. The normalized spacial score (nSPS) is 11.7. The minimum absolute atomic E-state index is 0.0424. The number of aromatic amines is 1. The Morgan fingerprint density at radius 2 is 1.94 bits per heavy atom. The fraction of sp³-hybridized carbons (Fsp3) is 0.0909. The van der Waals surface area contributed by atoms with Gasteiger partial charge in [-0.05, 0) is 13.0 Å². The molecular formula is C11H13N5. The zero-order valence-electron chi connectivity index (χ0n) is 8.94. The quantitative estimate of drug-likeness (QED) is 0.398. The summed E-state index contributed by atoms with van der Waals surface area (Å²) in [5.74, 6) is -0.0424. The Morgan fingerprint density at radius 3 is 2.69 bits per heavy atom. The van der Waals surface area contributed by atoms with Gasteiger partial charge >= 0.3 is 0 Å². The molecule has 0 fully saturated rings. The van der Waals surface area contributed by atoms with E-state index in [9.17, 15) is 0 Å². The Balaban J connectivity index is 2.48. The monoisotopic (exact) mass is 215 g/mol. The van der Waals surface area contributed by atoms with Crippen LogP contribution in [0, 0.1) is 0 Å². The molecule has 2 aromatic rings. The molecule has 0 spiro atoms. The zero-order valence-corrected chi connectivity index (χ0v) is 8.94. The van der Waals surface area contributed by atoms with Gasteiger partial charge in [-0.15, -0.1) is 5.10 Å². The van der Waals surface area contributed by atoms with E-state index in [4.69, 9.17) is 11.5 Å². The maximum absolute atomic E-state index is 5.22. The second-order valence-electron chi connectivity index (χ2n) is 3.46. The summed E-state index contributed by atoms with van der Waals surface area (Å²) >= 11 is 0. The van der Waals surface area contributed by atoms with Crippen LogP contribution in [0.4, 0.5) is 0 Å². The number of rotatable bonds is 2. The number of fused-ring (bicyclic) bond motifs is 1. The molecule has 0 saturated heterocycles. The lowest BCUT2D eigenvalue weighted by molar-refractivity contribution is 1.20. The summed E-state index contributed by atoms with van der Waals surface area (Å²) in [7, 11) is 0. The van der Waals surface area contributed by atoms with Crippen molar-refractivity contribution in [2.45, 2.75) is 6.92 Å². The summed E-state index contributed by atoms with van der Waals surface area (Å²) in [5.41, 5.74) is 13.3. The molecule has 0 amide bonds. The predicted molar refractivity (Wildman–Crippen MR) is 66.3 cm³/mol. The first-order valence-corrected chi connectivity index (χ1v) is 4.88. The van der Waals surface area contributed by atoms with Crippen LogP contribution in [0.2, 0.25) is 0 Å². The highest BCUT2D eigenvalue weighted by Crippen LogP contribution is 2.18. The van der Waals surface area contributed by atoms with E-state index in [2.05, 4.69) is 15.2 Å². The SMILES string of the molecule is CC(=NN=C(N)N)c1c[nH]c2ccccc12. The van der Waals surface area contributed by atoms with Crippen LogP contribution in [0.15, 0.2) is 40.7 Å². The zero-order chi connectivity index (χ0) is 11.5. The first-order valence-electron chi connectivity index (χ1n) is 4.88. The van der Waals surface area contributed by atoms with Gasteiger partial charge in [0.25, 0.3) is 0 Å². The molecule has 0 aliphatic carbocycles. The maximum Gasteiger partial charge on any atom is 0.211 e. The Morgan fingerprint density at radius 1 is 1.19 bits per heavy atom. The highest BCUT2D eigenvalue weighted by Gasteiger charge is 2.05. The van der Waals surface area contributed by atoms with Crippen molar-refractivity contribution >= 4 is 22.6 Å². The Hall–Kier alpha value is -2.30. The van der Waals surface area contributed by atoms with E-state index in [1.807, 2.05) is 37.4 Å². The summed E-state index contributed by atoms with van der Waals surface area (Å²) < 4.78 is 0. The first-order chi connectivity index (χ1) is 7.68. The molecule has 5 N–H and O–H groups in total. The van der Waals surface area contributed by atoms with Gasteiger partial charge in [-0.25, -0.2) is 0 Å². The van der Waals surface area contributed by atoms with Gasteiger partial charge in [0.1, 0.15) is 0 Å². The van der Waals surface area contributed by atoms with Crippen LogP contribution < -0.4 is 11.5 Å². The predicted octanol–water partition coefficient (Wildman–Crippen LogP) is 1.17. The van der Waals surface area contributed by atoms with E-state index in [1.165, 1.54) is 0 Å². The van der Waals surface area contributed by atoms with Gasteiger partial charge in [-0.2, -0.15) is 5.10 Å². The standard InChI is InChI=1S/C11H13N5/c1-7(15-16-11(12)13)9-6-14-10-5-3-2-4-8(9)10/h2-6,14H,1H3,(H4,12,13,16). The number of hydrogen-bond donors (Lipinski definition) is 3. The third-order valence-corrected chi connectivity index (χ3v) is 2.29. The number of nitrogens with two attached hydrogens (primary N) is 2. The topological polar surface area (TPSA) is 92.5 Å². The number of H-pyrrole nitrogens is 1. The molecule has 5 heteroatoms. The van der Waals surface area contributed by atoms with Gasteiger partial charge < -0.3 is 16.5 Å². The molecule has 0 bridgehead atoms. The van der Waals surface area contributed by atoms with Crippen LogP contribution in [-0.4, -0.2) is 16.7 Å². The summed E-state index contributed by atoms with van der Waals surface area (Å²) in [6.07, 6.45) is 1.89. The molecule has 1 heterocycles. The first kappa shape index (κ1) is 10.2. The molecule has 2 rings (SSSR count). The van der Waals surface area contributed by atoms with E-state index in [0.29, 0.717) is 0 Å². The third kappa shape index (κ3) is 1.88. The number of nitrogens with one attached hydrogen (secondary N) is 1. The Labute approximate surface area is 92.9 Å². The largest absolute Gasteiger partial charge is 0.369 e. The average molecular weight is 215 g/mol. The fourth-order valence-corrected chi connectivity index (χ4v) is 1.56. The lowest BCUT2D eigenvalue weighted by Gasteiger charge is -1.95. The minimum Gasteiger partial charge on any atom is -0.369 e. The summed E-state index contributed by atoms with van der Waals surface area (Å²) in [5, 5.41) is 8.69. The molecular weight excluding hydrogens is 202 g/mol. The number of guanidine groups is 1. The van der Waals surface area contributed by atoms with Crippen molar-refractivity contribution in [2.75, 3.05) is 0 Å². The van der Waals surface area contributed by atoms with E-state index in [-0.39, 0.29) is 5.96 Å². The summed E-state index contributed by atoms with van der Waals surface area (Å²) in [6, 6.07) is 7.99. The third-order valence-electron chi connectivity index (χ3n) is 2.29. The second-order valence-corrected chi connectivity index (χ2v) is 3.46. The van der Waals surface area contributed by atoms with E-state index in [0.717, 1.165) is 22.2 Å². The van der Waals surface area contributed by atoms with Gasteiger partial charge in [-0.3, -0.25) is 0 Å². The summed E-state index contributed by atoms with van der Waals surface area (Å²) in [6.45, 7) is 1.86. The summed E-state index contributed by atoms with van der Waals surface area (Å²) in [4.78, 5) is 3.16. The fourth-order valence-electron chi connectivity index (χ4n) is 1.56. The molecule has 0 aliphatic heterocycles. The molecule has 0 aliphatic rings. The number of benzene rings is 1. The molecule has 0 atom stereocenters. The molecule has 1 aromatic heterocycles. The Bertz CT molecular complexity index is 561. The van der Waals surface area contributed by atoms with Crippen LogP contribution in [0.5, 0.6) is 0 Å². The smallest absolute Gasteiger partial charge is 0.211 e. The maximum atomic E-state index is 5.22. The molecule has 5 nitrogen and oxygen atoms in total. The molecule has 16 heavy (non-hydrogen) atoms. The lowest BCUT2D eigenvalue weighted by atomic mass is 10.1. The number of hydrogen-bond acceptors (Lipinski definition) is 2. The van der Waals surface area contributed by atoms with Crippen molar-refractivity contribution in [1.29, 1.82) is 0 Å². The van der Waals surface area contributed by atoms with Gasteiger partial charge in [-0.1, -0.05) is 18.2 Å². The van der Waals surface area contributed by atoms with Crippen LogP contribution in [-0.2, 0) is 0 Å². The van der Waals surface area contributed by atoms with Crippen molar-refractivity contribution in [2.24, 2.45) is 21.7 Å². The van der Waals surface area contributed by atoms with Gasteiger partial charge in [0.05, 0.1) is 5.71 Å². The van der Waals surface area contributed by atoms with Crippen LogP contribution in [0.1, 0.15) is 12.5 Å². The molecule has 1 aromatic carbocycles. The van der Waals surface area contributed by atoms with Crippen molar-refractivity contribution in [3.8, 4) is 0 Å². The molecule has 0 unspecified atom stereocenters. The molecule has 82 valence electrons. The van der Waals surface area contributed by atoms with Crippen molar-refractivity contribution in [3.63, 3.8) is 0 Å². The number of aromatic nitrogens is 1. The van der Waals surface area contributed by atoms with Crippen molar-refractivity contribution in [1.82, 2.24) is 4.98 Å². The molecule has 0 radical (unpaired) electrons. The van der Waals surface area contributed by atoms with Crippen LogP contribution >= 0.6 is 0 Å². The van der Waals surface area contributed by atoms with E-state index < -0.39 is 0 Å². The number of nitrogens with zero attached hydrogens (tertiary/aromatic N) is 2. The van der Waals surface area contributed by atoms with Gasteiger partial charge in [0.15, 0.2) is 0 Å². The van der Waals surface area contributed by atoms with Gasteiger partial charge in [0.2, 0.25) is 5.96 Å². The van der Waals surface area contributed by atoms with E-state index in [1.54, 1.807) is 0 Å². The van der Waals surface area contributed by atoms with Crippen molar-refractivity contribution < 1.29 is 0 Å². The highest BCUT2D eigenvalue weighted by atomic mass is 15.3. The second kappa shape index (κ2) is 4.06. The van der Waals surface area contributed by atoms with Crippen molar-refractivity contribution in [3.05, 3.63) is 36.0 Å². The van der Waals surface area contributed by atoms with Gasteiger partial charge in [0, 0.05) is 22.7 Å². The van der Waals surface area contributed by atoms with Crippen LogP contribution in [0.3, 0.4) is 0 Å². The lowest BCUT2D eigenvalue weighted by Crippen LogP contribution is -2.22. The van der Waals surface area contributed by atoms with Crippen LogP contribution in [0.25, 0.3) is 10.9 Å². The Kier molecular flexibility index (Phi) is 2.59. The number of para-hydroxylation sites is 1. The minimum atomic E-state index is -0.0424. The highest BCUT2D eigenvalue weighted by molar-refractivity contribution is 6.09. The average Bonchev–Trinajstić information content (AvgIpc) is 2.69. The van der Waals surface area contributed by atoms with E-state index >= 15 is 0 Å².